The molecular formula is C28H29ClF3N5O2. The summed E-state index contributed by atoms with van der Waals surface area (Å²) in [4.78, 5) is 23.5. The molecule has 2 N–H and O–H groups in total. The van der Waals surface area contributed by atoms with Crippen molar-refractivity contribution in [3.63, 3.8) is 0 Å². The normalized spacial score (nSPS) is 14.6. The summed E-state index contributed by atoms with van der Waals surface area (Å²) < 4.78 is 45.2. The van der Waals surface area contributed by atoms with Crippen LogP contribution in [0, 0.1) is 11.8 Å². The molecule has 0 aliphatic carbocycles. The SMILES string of the molecule is CC(C)N1CCN(CCOc2ccc(-c3ncc(C(F)(F)F)[nH]3)cc2NC(=O)C#Cc2ccc(Cl)cc2)CC1. The predicted octanol–water partition coefficient (Wildman–Crippen LogP) is 5.14. The number of nitrogens with zero attached hydrogens (tertiary/aromatic N) is 3. The van der Waals surface area contributed by atoms with Crippen molar-refractivity contribution in [2.45, 2.75) is 26.1 Å². The molecule has 0 saturated carbocycles. The monoisotopic (exact) mass is 559 g/mol. The summed E-state index contributed by atoms with van der Waals surface area (Å²) in [5.74, 6) is 5.06. The van der Waals surface area contributed by atoms with Crippen LogP contribution in [0.3, 0.4) is 0 Å². The average molecular weight is 560 g/mol. The quantitative estimate of drug-likeness (QED) is 0.392. The molecule has 1 aromatic heterocycles. The number of carbonyl (C=O) groups is 1. The summed E-state index contributed by atoms with van der Waals surface area (Å²) in [6, 6.07) is 11.9. The summed E-state index contributed by atoms with van der Waals surface area (Å²) in [5, 5.41) is 3.25. The Morgan fingerprint density at radius 2 is 1.87 bits per heavy atom. The smallest absolute Gasteiger partial charge is 0.432 e. The Hall–Kier alpha value is -3.52. The molecule has 1 aliphatic rings. The van der Waals surface area contributed by atoms with Crippen molar-refractivity contribution >= 4 is 23.2 Å². The van der Waals surface area contributed by atoms with Crippen LogP contribution in [0.4, 0.5) is 18.9 Å². The Balaban J connectivity index is 1.48. The topological polar surface area (TPSA) is 73.5 Å². The minimum atomic E-state index is -4.55. The van der Waals surface area contributed by atoms with Crippen molar-refractivity contribution < 1.29 is 22.7 Å². The van der Waals surface area contributed by atoms with Gasteiger partial charge in [-0.1, -0.05) is 17.5 Å². The molecule has 1 amide bonds. The summed E-state index contributed by atoms with van der Waals surface area (Å²) >= 11 is 5.88. The molecule has 7 nitrogen and oxygen atoms in total. The van der Waals surface area contributed by atoms with Gasteiger partial charge in [-0.3, -0.25) is 14.6 Å². The summed E-state index contributed by atoms with van der Waals surface area (Å²) in [6.45, 7) is 9.29. The molecular weight excluding hydrogens is 531 g/mol. The second-order valence-corrected chi connectivity index (χ2v) is 9.82. The van der Waals surface area contributed by atoms with E-state index in [0.717, 1.165) is 32.4 Å². The summed E-state index contributed by atoms with van der Waals surface area (Å²) in [5.41, 5.74) is 0.267. The largest absolute Gasteiger partial charge is 0.490 e. The minimum Gasteiger partial charge on any atom is -0.490 e. The van der Waals surface area contributed by atoms with Gasteiger partial charge in [0.05, 0.1) is 11.9 Å². The van der Waals surface area contributed by atoms with Crippen molar-refractivity contribution in [3.8, 4) is 29.0 Å². The number of imidazole rings is 1. The van der Waals surface area contributed by atoms with Crippen LogP contribution < -0.4 is 10.1 Å². The van der Waals surface area contributed by atoms with Crippen LogP contribution in [0.1, 0.15) is 25.1 Å². The average Bonchev–Trinajstić information content (AvgIpc) is 3.41. The molecule has 0 unspecified atom stereocenters. The fourth-order valence-electron chi connectivity index (χ4n) is 4.12. The molecule has 206 valence electrons. The lowest BCUT2D eigenvalue weighted by Crippen LogP contribution is -2.49. The van der Waals surface area contributed by atoms with Crippen LogP contribution in [0.5, 0.6) is 5.75 Å². The zero-order valence-electron chi connectivity index (χ0n) is 21.6. The number of carbonyl (C=O) groups excluding carboxylic acids is 1. The third-order valence-electron chi connectivity index (χ3n) is 6.35. The lowest BCUT2D eigenvalue weighted by Gasteiger charge is -2.36. The van der Waals surface area contributed by atoms with Gasteiger partial charge in [0.25, 0.3) is 0 Å². The van der Waals surface area contributed by atoms with E-state index in [1.165, 1.54) is 6.07 Å². The zero-order chi connectivity index (χ0) is 28.0. The molecule has 1 fully saturated rings. The Kier molecular flexibility index (Phi) is 9.17. The molecule has 0 atom stereocenters. The van der Waals surface area contributed by atoms with Crippen LogP contribution >= 0.6 is 11.6 Å². The number of benzene rings is 2. The van der Waals surface area contributed by atoms with Gasteiger partial charge in [0.1, 0.15) is 23.9 Å². The number of rotatable bonds is 7. The van der Waals surface area contributed by atoms with Crippen molar-refractivity contribution in [1.29, 1.82) is 0 Å². The van der Waals surface area contributed by atoms with E-state index in [9.17, 15) is 18.0 Å². The fourth-order valence-corrected chi connectivity index (χ4v) is 4.24. The second-order valence-electron chi connectivity index (χ2n) is 9.39. The number of amides is 1. The zero-order valence-corrected chi connectivity index (χ0v) is 22.4. The minimum absolute atomic E-state index is 0.0136. The van der Waals surface area contributed by atoms with Crippen LogP contribution in [0.2, 0.25) is 5.02 Å². The van der Waals surface area contributed by atoms with Crippen molar-refractivity contribution in [1.82, 2.24) is 19.8 Å². The maximum Gasteiger partial charge on any atom is 0.432 e. The molecule has 3 aromatic rings. The van der Waals surface area contributed by atoms with Gasteiger partial charge in [0.15, 0.2) is 0 Å². The van der Waals surface area contributed by atoms with Crippen LogP contribution in [-0.4, -0.2) is 71.0 Å². The van der Waals surface area contributed by atoms with Gasteiger partial charge in [-0.15, -0.1) is 0 Å². The molecule has 0 spiro atoms. The summed E-state index contributed by atoms with van der Waals surface area (Å²) in [7, 11) is 0. The van der Waals surface area contributed by atoms with Gasteiger partial charge in [-0.2, -0.15) is 13.2 Å². The highest BCUT2D eigenvalue weighted by Gasteiger charge is 2.33. The number of halogens is 4. The van der Waals surface area contributed by atoms with Gasteiger partial charge in [0, 0.05) is 60.8 Å². The van der Waals surface area contributed by atoms with Gasteiger partial charge < -0.3 is 15.0 Å². The molecule has 1 saturated heterocycles. The highest BCUT2D eigenvalue weighted by atomic mass is 35.5. The third kappa shape index (κ3) is 7.99. The molecule has 11 heteroatoms. The van der Waals surface area contributed by atoms with Gasteiger partial charge in [-0.05, 0) is 56.3 Å². The number of hydrogen-bond donors (Lipinski definition) is 2. The molecule has 4 rings (SSSR count). The second kappa shape index (κ2) is 12.6. The van der Waals surface area contributed by atoms with E-state index in [1.54, 1.807) is 36.4 Å². The van der Waals surface area contributed by atoms with Gasteiger partial charge in [-0.25, -0.2) is 4.98 Å². The lowest BCUT2D eigenvalue weighted by atomic mass is 10.1. The van der Waals surface area contributed by atoms with E-state index in [2.05, 4.69) is 50.8 Å². The van der Waals surface area contributed by atoms with Crippen molar-refractivity contribution in [2.24, 2.45) is 0 Å². The molecule has 0 radical (unpaired) electrons. The first-order valence-corrected chi connectivity index (χ1v) is 12.9. The van der Waals surface area contributed by atoms with Crippen LogP contribution in [-0.2, 0) is 11.0 Å². The van der Waals surface area contributed by atoms with Crippen molar-refractivity contribution in [2.75, 3.05) is 44.6 Å². The fraction of sp³-hybridized carbons (Fsp3) is 0.357. The number of anilines is 1. The molecule has 0 bridgehead atoms. The molecule has 1 aliphatic heterocycles. The van der Waals surface area contributed by atoms with E-state index >= 15 is 0 Å². The van der Waals surface area contributed by atoms with E-state index < -0.39 is 17.8 Å². The van der Waals surface area contributed by atoms with E-state index in [0.29, 0.717) is 41.1 Å². The Labute approximate surface area is 230 Å². The molecule has 39 heavy (non-hydrogen) atoms. The first-order chi connectivity index (χ1) is 18.6. The predicted molar refractivity (Wildman–Crippen MR) is 145 cm³/mol. The van der Waals surface area contributed by atoms with E-state index in [-0.39, 0.29) is 11.5 Å². The number of nitrogens with one attached hydrogen (secondary N) is 2. The maximum absolute atomic E-state index is 13.1. The number of alkyl halides is 3. The number of aromatic nitrogens is 2. The van der Waals surface area contributed by atoms with Gasteiger partial charge >= 0.3 is 12.1 Å². The third-order valence-corrected chi connectivity index (χ3v) is 6.60. The number of hydrogen-bond acceptors (Lipinski definition) is 5. The summed E-state index contributed by atoms with van der Waals surface area (Å²) in [6.07, 6.45) is -3.82. The van der Waals surface area contributed by atoms with Gasteiger partial charge in [0.2, 0.25) is 0 Å². The van der Waals surface area contributed by atoms with Crippen molar-refractivity contribution in [3.05, 3.63) is 64.9 Å². The number of aromatic amines is 1. The maximum atomic E-state index is 13.1. The Morgan fingerprint density at radius 1 is 1.15 bits per heavy atom. The number of ether oxygens (including phenoxy) is 1. The highest BCUT2D eigenvalue weighted by molar-refractivity contribution is 6.30. The van der Waals surface area contributed by atoms with Crippen LogP contribution in [0.25, 0.3) is 11.4 Å². The first kappa shape index (κ1) is 28.5. The Bertz CT molecular complexity index is 1340. The standard InChI is InChI=1S/C28H29ClF3N5O2/c1-19(2)37-13-11-36(12-14-37)15-16-39-24-9-6-21(27-33-18-25(35-27)28(30,31)32)17-23(24)34-26(38)10-5-20-3-7-22(29)8-4-20/h3-4,6-9,17-19H,11-16H2,1-2H3,(H,33,35)(H,34,38). The van der Waals surface area contributed by atoms with E-state index in [4.69, 9.17) is 16.3 Å². The number of piperazine rings is 1. The highest BCUT2D eigenvalue weighted by Crippen LogP contribution is 2.33. The molecule has 2 aromatic carbocycles. The van der Waals surface area contributed by atoms with Crippen LogP contribution in [0.15, 0.2) is 48.7 Å². The Morgan fingerprint density at radius 3 is 2.51 bits per heavy atom. The molecule has 2 heterocycles. The number of H-pyrrole nitrogens is 1. The van der Waals surface area contributed by atoms with E-state index in [1.807, 2.05) is 0 Å². The first-order valence-electron chi connectivity index (χ1n) is 12.5. The lowest BCUT2D eigenvalue weighted by molar-refractivity contribution is -0.140.